The summed E-state index contributed by atoms with van der Waals surface area (Å²) in [6.45, 7) is 3.43. The van der Waals surface area contributed by atoms with Gasteiger partial charge in [-0.15, -0.1) is 0 Å². The highest BCUT2D eigenvalue weighted by atomic mass is 16.4. The van der Waals surface area contributed by atoms with E-state index in [1.165, 1.54) is 18.2 Å². The van der Waals surface area contributed by atoms with Crippen LogP contribution in [0.2, 0.25) is 0 Å². The van der Waals surface area contributed by atoms with E-state index in [1.54, 1.807) is 13.8 Å². The van der Waals surface area contributed by atoms with E-state index in [1.807, 2.05) is 0 Å². The van der Waals surface area contributed by atoms with Crippen molar-refractivity contribution in [2.24, 2.45) is 0 Å². The van der Waals surface area contributed by atoms with Crippen LogP contribution < -0.4 is 0 Å². The van der Waals surface area contributed by atoms with Crippen LogP contribution in [0.3, 0.4) is 0 Å². The van der Waals surface area contributed by atoms with Crippen molar-refractivity contribution >= 4 is 17.7 Å². The van der Waals surface area contributed by atoms with Gasteiger partial charge in [-0.2, -0.15) is 0 Å². The number of ketones is 1. The van der Waals surface area contributed by atoms with Crippen LogP contribution >= 0.6 is 0 Å². The molecule has 0 aliphatic rings. The number of benzene rings is 1. The minimum atomic E-state index is -3.44. The second-order valence-corrected chi connectivity index (χ2v) is 4.44. The van der Waals surface area contributed by atoms with Crippen LogP contribution in [-0.2, 0) is 9.59 Å². The highest BCUT2D eigenvalue weighted by Crippen LogP contribution is 2.21. The van der Waals surface area contributed by atoms with Gasteiger partial charge in [0.15, 0.2) is 6.10 Å². The van der Waals surface area contributed by atoms with E-state index in [4.69, 9.17) is 10.2 Å². The summed E-state index contributed by atoms with van der Waals surface area (Å²) in [6, 6.07) is 4.10. The second kappa shape index (κ2) is 5.40. The number of hydrogen-bond acceptors (Lipinski definition) is 5. The van der Waals surface area contributed by atoms with E-state index in [-0.39, 0.29) is 5.56 Å². The minimum absolute atomic E-state index is 0.196. The molecular formula is C13H14O7. The fourth-order valence-electron chi connectivity index (χ4n) is 1.62. The first-order valence-corrected chi connectivity index (χ1v) is 5.61. The fourth-order valence-corrected chi connectivity index (χ4v) is 1.62. The van der Waals surface area contributed by atoms with Gasteiger partial charge < -0.3 is 20.4 Å². The predicted molar refractivity (Wildman–Crippen MR) is 66.5 cm³/mol. The molecule has 1 rings (SSSR count). The Morgan fingerprint density at radius 3 is 2.05 bits per heavy atom. The van der Waals surface area contributed by atoms with Crippen LogP contribution in [0, 0.1) is 13.8 Å². The number of aliphatic hydroxyl groups is 2. The first-order valence-electron chi connectivity index (χ1n) is 5.61. The van der Waals surface area contributed by atoms with Crippen molar-refractivity contribution in [3.63, 3.8) is 0 Å². The molecule has 2 unspecified atom stereocenters. The highest BCUT2D eigenvalue weighted by molar-refractivity contribution is 6.17. The average molecular weight is 282 g/mol. The fraction of sp³-hybridized carbons (Fsp3) is 0.308. The predicted octanol–water partition coefficient (Wildman–Crippen LogP) is -0.253. The van der Waals surface area contributed by atoms with Crippen molar-refractivity contribution in [3.8, 4) is 0 Å². The van der Waals surface area contributed by atoms with Gasteiger partial charge in [0.05, 0.1) is 0 Å². The Bertz CT molecular complexity index is 578. The molecule has 0 bridgehead atoms. The summed E-state index contributed by atoms with van der Waals surface area (Å²) in [4.78, 5) is 33.8. The number of aliphatic hydroxyl groups excluding tert-OH is 1. The standard InChI is InChI=1S/C13H14O7/c1-6-3-4-8(5-7(6)2)9(14)13(20,12(18)19)10(15)11(16)17/h3-5,10,15,20H,1-2H3,(H,16,17)(H,18,19). The Balaban J connectivity index is 3.35. The number of carboxylic acids is 2. The third-order valence-electron chi connectivity index (χ3n) is 3.07. The van der Waals surface area contributed by atoms with Crippen molar-refractivity contribution in [3.05, 3.63) is 34.9 Å². The Morgan fingerprint density at radius 2 is 1.65 bits per heavy atom. The summed E-state index contributed by atoms with van der Waals surface area (Å²) >= 11 is 0. The number of aryl methyl sites for hydroxylation is 2. The van der Waals surface area contributed by atoms with Crippen LogP contribution in [0.1, 0.15) is 21.5 Å². The zero-order chi connectivity index (χ0) is 15.7. The van der Waals surface area contributed by atoms with Gasteiger partial charge in [0.25, 0.3) is 5.60 Å². The molecule has 0 aliphatic carbocycles. The van der Waals surface area contributed by atoms with Crippen molar-refractivity contribution in [2.75, 3.05) is 0 Å². The van der Waals surface area contributed by atoms with E-state index in [2.05, 4.69) is 0 Å². The van der Waals surface area contributed by atoms with Gasteiger partial charge in [0, 0.05) is 5.56 Å². The molecule has 0 saturated carbocycles. The maximum absolute atomic E-state index is 12.1. The van der Waals surface area contributed by atoms with Gasteiger partial charge in [-0.3, -0.25) is 4.79 Å². The molecule has 20 heavy (non-hydrogen) atoms. The Kier molecular flexibility index (Phi) is 4.26. The molecule has 7 heteroatoms. The average Bonchev–Trinajstić information content (AvgIpc) is 2.38. The summed E-state index contributed by atoms with van der Waals surface area (Å²) in [7, 11) is 0. The molecule has 0 saturated heterocycles. The number of rotatable bonds is 5. The number of carbonyl (C=O) groups is 3. The van der Waals surface area contributed by atoms with Gasteiger partial charge in [-0.1, -0.05) is 12.1 Å². The monoisotopic (exact) mass is 282 g/mol. The van der Waals surface area contributed by atoms with Crippen LogP contribution in [0.25, 0.3) is 0 Å². The zero-order valence-corrected chi connectivity index (χ0v) is 10.8. The molecule has 108 valence electrons. The van der Waals surface area contributed by atoms with E-state index < -0.39 is 29.4 Å². The molecule has 0 aromatic heterocycles. The van der Waals surface area contributed by atoms with Gasteiger partial charge in [-0.05, 0) is 31.0 Å². The lowest BCUT2D eigenvalue weighted by atomic mass is 9.86. The molecule has 1 aromatic rings. The quantitative estimate of drug-likeness (QED) is 0.432. The Hall–Kier alpha value is -2.25. The molecule has 0 aliphatic heterocycles. The largest absolute Gasteiger partial charge is 0.479 e. The summed E-state index contributed by atoms with van der Waals surface area (Å²) in [5, 5.41) is 36.7. The third kappa shape index (κ3) is 2.54. The van der Waals surface area contributed by atoms with Crippen LogP contribution in [0.15, 0.2) is 18.2 Å². The first kappa shape index (κ1) is 15.8. The smallest absolute Gasteiger partial charge is 0.347 e. The number of carbonyl (C=O) groups excluding carboxylic acids is 1. The number of Topliss-reactive ketones (excluding diaryl/α,β-unsaturated/α-hetero) is 1. The number of hydrogen-bond donors (Lipinski definition) is 4. The minimum Gasteiger partial charge on any atom is -0.479 e. The Labute approximate surface area is 114 Å². The third-order valence-corrected chi connectivity index (χ3v) is 3.07. The van der Waals surface area contributed by atoms with E-state index >= 15 is 0 Å². The lowest BCUT2D eigenvalue weighted by Gasteiger charge is -2.24. The SMILES string of the molecule is Cc1ccc(C(=O)C(O)(C(=O)O)C(O)C(=O)O)cc1C. The summed E-state index contributed by atoms with van der Waals surface area (Å²) < 4.78 is 0. The zero-order valence-electron chi connectivity index (χ0n) is 10.8. The van der Waals surface area contributed by atoms with Crippen LogP contribution in [0.5, 0.6) is 0 Å². The van der Waals surface area contributed by atoms with Crippen molar-refractivity contribution < 1.29 is 34.8 Å². The molecule has 0 radical (unpaired) electrons. The highest BCUT2D eigenvalue weighted by Gasteiger charge is 2.54. The topological polar surface area (TPSA) is 132 Å². The first-order chi connectivity index (χ1) is 9.12. The second-order valence-electron chi connectivity index (χ2n) is 4.44. The van der Waals surface area contributed by atoms with Crippen molar-refractivity contribution in [1.29, 1.82) is 0 Å². The molecule has 1 aromatic carbocycles. The van der Waals surface area contributed by atoms with Crippen molar-refractivity contribution in [2.45, 2.75) is 25.6 Å². The molecule has 2 atom stereocenters. The molecule has 4 N–H and O–H groups in total. The molecule has 0 heterocycles. The van der Waals surface area contributed by atoms with E-state index in [0.717, 1.165) is 5.56 Å². The lowest BCUT2D eigenvalue weighted by molar-refractivity contribution is -0.175. The van der Waals surface area contributed by atoms with Crippen LogP contribution in [0.4, 0.5) is 0 Å². The van der Waals surface area contributed by atoms with Gasteiger partial charge >= 0.3 is 11.9 Å². The Morgan fingerprint density at radius 1 is 1.10 bits per heavy atom. The molecule has 0 spiro atoms. The summed E-state index contributed by atoms with van der Waals surface area (Å²) in [5.41, 5.74) is -2.14. The molecule has 7 nitrogen and oxygen atoms in total. The lowest BCUT2D eigenvalue weighted by Crippen LogP contribution is -2.58. The van der Waals surface area contributed by atoms with Gasteiger partial charge in [-0.25, -0.2) is 9.59 Å². The van der Waals surface area contributed by atoms with Gasteiger partial charge in [0.1, 0.15) is 0 Å². The van der Waals surface area contributed by atoms with Crippen molar-refractivity contribution in [1.82, 2.24) is 0 Å². The maximum Gasteiger partial charge on any atom is 0.347 e. The number of carboxylic acid groups (broad SMARTS) is 2. The summed E-state index contributed by atoms with van der Waals surface area (Å²) in [6.07, 6.45) is -2.77. The molecular weight excluding hydrogens is 268 g/mol. The molecule has 0 fully saturated rings. The van der Waals surface area contributed by atoms with E-state index in [9.17, 15) is 24.6 Å². The number of aliphatic carboxylic acids is 2. The van der Waals surface area contributed by atoms with Gasteiger partial charge in [0.2, 0.25) is 5.78 Å². The van der Waals surface area contributed by atoms with E-state index in [0.29, 0.717) is 5.56 Å². The van der Waals surface area contributed by atoms with Crippen LogP contribution in [-0.4, -0.2) is 49.9 Å². The molecule has 0 amide bonds. The summed E-state index contributed by atoms with van der Waals surface area (Å²) in [5.74, 6) is -5.52. The normalized spacial score (nSPS) is 15.2. The maximum atomic E-state index is 12.1.